The Bertz CT molecular complexity index is 696. The SMILES string of the molecule is CCCCC(CC(=O)O[Si]([Si](CC)(CC)CC)([Si](CC)(CC)CC)[Si](CC)(CC)CC)c1ccccc1. The summed E-state index contributed by atoms with van der Waals surface area (Å²) in [6.07, 6.45) is 3.99. The fourth-order valence-corrected chi connectivity index (χ4v) is 107. The molecule has 0 N–H and O–H groups in total. The third kappa shape index (κ3) is 6.49. The van der Waals surface area contributed by atoms with Crippen LogP contribution in [0.2, 0.25) is 54.4 Å². The predicted octanol–water partition coefficient (Wildman–Crippen LogP) is 10.6. The van der Waals surface area contributed by atoms with E-state index in [-0.39, 0.29) is 11.9 Å². The average Bonchev–Trinajstić information content (AvgIpc) is 2.95. The van der Waals surface area contributed by atoms with Gasteiger partial charge in [0.05, 0.1) is 29.2 Å². The van der Waals surface area contributed by atoms with E-state index in [9.17, 15) is 4.79 Å². The van der Waals surface area contributed by atoms with Crippen molar-refractivity contribution in [3.63, 3.8) is 0 Å². The number of hydrogen-bond acceptors (Lipinski definition) is 2. The lowest BCUT2D eigenvalue weighted by Crippen LogP contribution is -2.89. The Kier molecular flexibility index (Phi) is 14.9. The Hall–Kier alpha value is -0.442. The molecule has 1 rings (SSSR count). The van der Waals surface area contributed by atoms with E-state index in [1.54, 1.807) is 0 Å². The zero-order chi connectivity index (χ0) is 28.2. The van der Waals surface area contributed by atoms with Crippen molar-refractivity contribution in [2.45, 2.75) is 155 Å². The van der Waals surface area contributed by atoms with Crippen LogP contribution in [0.25, 0.3) is 0 Å². The molecule has 0 amide bonds. The summed E-state index contributed by atoms with van der Waals surface area (Å²) in [4.78, 5) is 14.5. The van der Waals surface area contributed by atoms with E-state index >= 15 is 0 Å². The average molecular weight is 579 g/mol. The van der Waals surface area contributed by atoms with E-state index in [4.69, 9.17) is 4.43 Å². The lowest BCUT2D eigenvalue weighted by Gasteiger charge is -2.63. The number of benzene rings is 1. The molecule has 0 saturated carbocycles. The maximum Gasteiger partial charge on any atom is 0.292 e. The van der Waals surface area contributed by atoms with Crippen molar-refractivity contribution < 1.29 is 9.22 Å². The van der Waals surface area contributed by atoms with Crippen LogP contribution in [-0.2, 0) is 9.22 Å². The highest BCUT2D eigenvalue weighted by atomic mass is 29.9. The van der Waals surface area contributed by atoms with Gasteiger partial charge in [0.1, 0.15) is 0 Å². The molecule has 0 aliphatic heterocycles. The van der Waals surface area contributed by atoms with Crippen LogP contribution in [0.15, 0.2) is 30.3 Å². The van der Waals surface area contributed by atoms with Gasteiger partial charge in [-0.1, -0.05) is 167 Å². The van der Waals surface area contributed by atoms with Gasteiger partial charge in [-0.3, -0.25) is 4.79 Å². The van der Waals surface area contributed by atoms with Crippen molar-refractivity contribution in [3.05, 3.63) is 35.9 Å². The number of carbonyl (C=O) groups is 1. The molecule has 1 aromatic carbocycles. The molecule has 1 aromatic rings. The Balaban J connectivity index is 3.90. The number of unbranched alkanes of at least 4 members (excludes halogenated alkanes) is 1. The van der Waals surface area contributed by atoms with Crippen LogP contribution < -0.4 is 0 Å². The van der Waals surface area contributed by atoms with Crippen molar-refractivity contribution in [2.24, 2.45) is 0 Å². The highest BCUT2D eigenvalue weighted by Crippen LogP contribution is 2.51. The van der Waals surface area contributed by atoms with Crippen LogP contribution in [0.3, 0.4) is 0 Å². The minimum Gasteiger partial charge on any atom is -0.528 e. The lowest BCUT2D eigenvalue weighted by atomic mass is 9.91. The van der Waals surface area contributed by atoms with Gasteiger partial charge in [-0.2, -0.15) is 0 Å². The zero-order valence-corrected chi connectivity index (χ0v) is 30.5. The minimum absolute atomic E-state index is 0.184. The summed E-state index contributed by atoms with van der Waals surface area (Å²) in [6, 6.07) is 22.6. The van der Waals surface area contributed by atoms with Crippen LogP contribution in [0, 0.1) is 0 Å². The van der Waals surface area contributed by atoms with Gasteiger partial charge < -0.3 is 4.43 Å². The molecule has 0 aromatic heterocycles. The van der Waals surface area contributed by atoms with Gasteiger partial charge in [0, 0.05) is 0 Å². The largest absolute Gasteiger partial charge is 0.528 e. The first kappa shape index (κ1) is 34.6. The van der Waals surface area contributed by atoms with Crippen molar-refractivity contribution in [2.75, 3.05) is 0 Å². The molecule has 0 saturated heterocycles. The second-order valence-electron chi connectivity index (χ2n) is 11.6. The van der Waals surface area contributed by atoms with Gasteiger partial charge in [-0.25, -0.2) is 0 Å². The van der Waals surface area contributed by atoms with E-state index in [0.29, 0.717) is 6.42 Å². The van der Waals surface area contributed by atoms with Gasteiger partial charge in [0.25, 0.3) is 5.97 Å². The van der Waals surface area contributed by atoms with Crippen LogP contribution in [-0.4, -0.2) is 35.6 Å². The molecular weight excluding hydrogens is 517 g/mol. The Morgan fingerprint density at radius 2 is 1.03 bits per heavy atom. The van der Waals surface area contributed by atoms with Crippen LogP contribution >= 0.6 is 0 Å². The molecule has 0 radical (unpaired) electrons. The van der Waals surface area contributed by atoms with Gasteiger partial charge in [0.15, 0.2) is 0 Å². The fourth-order valence-electron chi connectivity index (χ4n) is 8.48. The number of rotatable bonds is 19. The molecule has 0 fully saturated rings. The highest BCUT2D eigenvalue weighted by Gasteiger charge is 2.74. The zero-order valence-electron chi connectivity index (χ0n) is 26.5. The number of carbonyl (C=O) groups excluding carboxylic acids is 1. The molecule has 1 unspecified atom stereocenters. The fraction of sp³-hybridized carbons (Fsp3) is 0.774. The quantitative estimate of drug-likeness (QED) is 0.153. The van der Waals surface area contributed by atoms with E-state index in [2.05, 4.69) is 99.6 Å². The van der Waals surface area contributed by atoms with Crippen molar-refractivity contribution >= 4 is 35.6 Å². The molecule has 214 valence electrons. The van der Waals surface area contributed by atoms with E-state index in [1.165, 1.54) is 72.8 Å². The van der Waals surface area contributed by atoms with Crippen LogP contribution in [0.5, 0.6) is 0 Å². The Morgan fingerprint density at radius 3 is 1.35 bits per heavy atom. The summed E-state index contributed by atoms with van der Waals surface area (Å²) >= 11 is 0. The van der Waals surface area contributed by atoms with Crippen LogP contribution in [0.4, 0.5) is 0 Å². The topological polar surface area (TPSA) is 26.3 Å². The van der Waals surface area contributed by atoms with Crippen LogP contribution in [0.1, 0.15) is 106 Å². The first-order valence-electron chi connectivity index (χ1n) is 16.0. The molecule has 2 nitrogen and oxygen atoms in total. The second-order valence-corrected chi connectivity index (χ2v) is 47.6. The monoisotopic (exact) mass is 578 g/mol. The molecule has 6 heteroatoms. The van der Waals surface area contributed by atoms with E-state index in [0.717, 1.165) is 6.42 Å². The smallest absolute Gasteiger partial charge is 0.292 e. The summed E-state index contributed by atoms with van der Waals surface area (Å²) in [5.74, 6) is 0.464. The van der Waals surface area contributed by atoms with E-state index in [1.807, 2.05) is 0 Å². The molecular formula is C31H62O2Si4. The molecule has 37 heavy (non-hydrogen) atoms. The van der Waals surface area contributed by atoms with Crippen molar-refractivity contribution in [1.29, 1.82) is 0 Å². The first-order valence-corrected chi connectivity index (χ1v) is 28.8. The summed E-state index contributed by atoms with van der Waals surface area (Å²) in [5.41, 5.74) is 1.32. The molecule has 0 heterocycles. The first-order chi connectivity index (χ1) is 17.7. The molecule has 0 bridgehead atoms. The highest BCUT2D eigenvalue weighted by molar-refractivity contribution is 7.88. The Labute approximate surface area is 235 Å². The summed E-state index contributed by atoms with van der Waals surface area (Å²) in [5, 5.41) is 0. The third-order valence-corrected chi connectivity index (χ3v) is 80.9. The van der Waals surface area contributed by atoms with Crippen molar-refractivity contribution in [3.8, 4) is 0 Å². The Morgan fingerprint density at radius 1 is 0.649 bits per heavy atom. The second kappa shape index (κ2) is 16.0. The summed E-state index contributed by atoms with van der Waals surface area (Å²) in [7, 11) is -5.38. The van der Waals surface area contributed by atoms with Gasteiger partial charge in [-0.15, -0.1) is 0 Å². The van der Waals surface area contributed by atoms with Gasteiger partial charge >= 0.3 is 0 Å². The van der Waals surface area contributed by atoms with Crippen molar-refractivity contribution in [1.82, 2.24) is 0 Å². The summed E-state index contributed by atoms with van der Waals surface area (Å²) < 4.78 is 7.67. The summed E-state index contributed by atoms with van der Waals surface area (Å²) in [6.45, 7) is 22.3. The predicted molar refractivity (Wildman–Crippen MR) is 177 cm³/mol. The third-order valence-electron chi connectivity index (χ3n) is 11.2. The van der Waals surface area contributed by atoms with Gasteiger partial charge in [0.2, 0.25) is 6.87 Å². The number of hydrogen-bond donors (Lipinski definition) is 0. The standard InChI is InChI=1S/C31H62O2Si4/c1-11-21-25-30(29-26-23-22-24-27-29)28-31(32)33-37(34(12-2,13-3)14-4,35(15-5,16-6)17-7)36(18-8,19-9)20-10/h22-24,26-27,30H,11-21,25,28H2,1-10H3. The maximum atomic E-state index is 14.5. The molecule has 0 aliphatic carbocycles. The van der Waals surface area contributed by atoms with E-state index < -0.39 is 29.6 Å². The molecule has 0 aliphatic rings. The normalized spacial score (nSPS) is 14.0. The minimum atomic E-state index is -2.33. The maximum absolute atomic E-state index is 14.5. The molecule has 0 spiro atoms. The molecule has 1 atom stereocenters. The van der Waals surface area contributed by atoms with Gasteiger partial charge in [-0.05, 0) is 17.9 Å². The lowest BCUT2D eigenvalue weighted by molar-refractivity contribution is -0.135.